The van der Waals surface area contributed by atoms with Crippen LogP contribution >= 0.6 is 0 Å². The van der Waals surface area contributed by atoms with Crippen molar-refractivity contribution < 1.29 is 42.1 Å². The van der Waals surface area contributed by atoms with Gasteiger partial charge in [-0.3, -0.25) is 14.1 Å². The van der Waals surface area contributed by atoms with Gasteiger partial charge >= 0.3 is 10.4 Å². The third-order valence-corrected chi connectivity index (χ3v) is 4.55. The van der Waals surface area contributed by atoms with Crippen molar-refractivity contribution in [2.75, 3.05) is 0 Å². The number of carbonyl (C=O) groups excluding carboxylic acids is 2. The molecule has 0 radical (unpaired) electrons. The van der Waals surface area contributed by atoms with Crippen molar-refractivity contribution in [3.63, 3.8) is 0 Å². The molecular weight excluding hydrogens is 380 g/mol. The number of aliphatic hydroxyl groups is 1. The summed E-state index contributed by atoms with van der Waals surface area (Å²) in [6, 6.07) is 4.04. The standard InChI is InChI=1S/C17H14O9S/c1-2-11(18)7-3-9-14(12(19)4-7)17(22)15-10(16(9)21)5-8(6-13(15)20)26-27(23,24)25/h3-6,11,18-20H,2H2,1H3,(H,23,24,25). The number of phenolic OH excluding ortho intramolecular Hbond substituents is 2. The molecule has 10 heteroatoms. The molecule has 2 aromatic rings. The van der Waals surface area contributed by atoms with Crippen LogP contribution in [-0.4, -0.2) is 39.9 Å². The van der Waals surface area contributed by atoms with Crippen LogP contribution in [0, 0.1) is 0 Å². The van der Waals surface area contributed by atoms with Gasteiger partial charge in [0.05, 0.1) is 17.2 Å². The SMILES string of the molecule is CCC(O)c1cc(O)c2c(c1)C(=O)c1cc(OS(=O)(=O)O)cc(O)c1C2=O. The van der Waals surface area contributed by atoms with Crippen LogP contribution in [0.1, 0.15) is 56.9 Å². The predicted molar refractivity (Wildman–Crippen MR) is 90.5 cm³/mol. The summed E-state index contributed by atoms with van der Waals surface area (Å²) in [6.45, 7) is 1.68. The Morgan fingerprint density at radius 3 is 2.07 bits per heavy atom. The van der Waals surface area contributed by atoms with Crippen LogP contribution < -0.4 is 4.18 Å². The van der Waals surface area contributed by atoms with Gasteiger partial charge in [0.1, 0.15) is 17.2 Å². The molecule has 3 rings (SSSR count). The lowest BCUT2D eigenvalue weighted by Crippen LogP contribution is -2.22. The number of fused-ring (bicyclic) bond motifs is 2. The molecule has 0 saturated carbocycles. The van der Waals surface area contributed by atoms with Crippen LogP contribution in [0.15, 0.2) is 24.3 Å². The molecule has 1 aliphatic carbocycles. The summed E-state index contributed by atoms with van der Waals surface area (Å²) in [4.78, 5) is 25.5. The highest BCUT2D eigenvalue weighted by atomic mass is 32.3. The van der Waals surface area contributed by atoms with Crippen LogP contribution in [-0.2, 0) is 10.4 Å². The van der Waals surface area contributed by atoms with E-state index < -0.39 is 50.9 Å². The molecule has 0 saturated heterocycles. The van der Waals surface area contributed by atoms with Crippen LogP contribution in [0.2, 0.25) is 0 Å². The highest BCUT2D eigenvalue weighted by molar-refractivity contribution is 7.81. The van der Waals surface area contributed by atoms with E-state index in [1.165, 1.54) is 6.07 Å². The van der Waals surface area contributed by atoms with E-state index in [1.807, 2.05) is 0 Å². The summed E-state index contributed by atoms with van der Waals surface area (Å²) in [6.07, 6.45) is -0.683. The number of carbonyl (C=O) groups is 2. The maximum absolute atomic E-state index is 12.8. The van der Waals surface area contributed by atoms with E-state index in [0.717, 1.165) is 18.2 Å². The Morgan fingerprint density at radius 2 is 1.52 bits per heavy atom. The van der Waals surface area contributed by atoms with Crippen molar-refractivity contribution in [2.24, 2.45) is 0 Å². The first-order valence-corrected chi connectivity index (χ1v) is 9.08. The minimum atomic E-state index is -4.92. The fraction of sp³-hybridized carbons (Fsp3) is 0.176. The monoisotopic (exact) mass is 394 g/mol. The van der Waals surface area contributed by atoms with E-state index in [2.05, 4.69) is 4.18 Å². The summed E-state index contributed by atoms with van der Waals surface area (Å²) in [5.74, 6) is -3.52. The van der Waals surface area contributed by atoms with Crippen LogP contribution in [0.4, 0.5) is 0 Å². The molecule has 1 atom stereocenters. The Labute approximate surface area is 153 Å². The summed E-state index contributed by atoms with van der Waals surface area (Å²) >= 11 is 0. The number of benzene rings is 2. The molecule has 1 unspecified atom stereocenters. The molecular formula is C17H14O9S. The van der Waals surface area contributed by atoms with Gasteiger partial charge < -0.3 is 19.5 Å². The molecule has 4 N–H and O–H groups in total. The summed E-state index contributed by atoms with van der Waals surface area (Å²) in [5.41, 5.74) is -1.13. The molecule has 9 nitrogen and oxygen atoms in total. The molecule has 0 spiro atoms. The maximum Gasteiger partial charge on any atom is 0.446 e. The highest BCUT2D eigenvalue weighted by Crippen LogP contribution is 2.40. The van der Waals surface area contributed by atoms with Crippen LogP contribution in [0.25, 0.3) is 0 Å². The zero-order valence-corrected chi connectivity index (χ0v) is 14.6. The zero-order valence-electron chi connectivity index (χ0n) is 13.8. The van der Waals surface area contributed by atoms with E-state index >= 15 is 0 Å². The minimum Gasteiger partial charge on any atom is -0.507 e. The van der Waals surface area contributed by atoms with E-state index in [9.17, 15) is 33.3 Å². The number of hydrogen-bond acceptors (Lipinski definition) is 8. The topological polar surface area (TPSA) is 158 Å². The second kappa shape index (κ2) is 6.34. The second-order valence-corrected chi connectivity index (χ2v) is 6.94. The van der Waals surface area contributed by atoms with Gasteiger partial charge in [-0.2, -0.15) is 8.42 Å². The van der Waals surface area contributed by atoms with Crippen molar-refractivity contribution in [2.45, 2.75) is 19.4 Å². The van der Waals surface area contributed by atoms with Gasteiger partial charge in [0.15, 0.2) is 5.78 Å². The molecule has 1 aliphatic rings. The van der Waals surface area contributed by atoms with Crippen molar-refractivity contribution in [3.05, 3.63) is 52.1 Å². The Kier molecular flexibility index (Phi) is 4.42. The van der Waals surface area contributed by atoms with Gasteiger partial charge in [-0.1, -0.05) is 6.92 Å². The number of phenols is 2. The average Bonchev–Trinajstić information content (AvgIpc) is 2.56. The molecule has 142 valence electrons. The molecule has 0 fully saturated rings. The Bertz CT molecular complexity index is 1090. The number of rotatable bonds is 4. The van der Waals surface area contributed by atoms with Gasteiger partial charge in [0.2, 0.25) is 5.78 Å². The first-order valence-electron chi connectivity index (χ1n) is 7.71. The third-order valence-electron chi connectivity index (χ3n) is 4.15. The van der Waals surface area contributed by atoms with Crippen LogP contribution in [0.3, 0.4) is 0 Å². The summed E-state index contributed by atoms with van der Waals surface area (Å²) in [7, 11) is -4.92. The zero-order chi connectivity index (χ0) is 20.1. The van der Waals surface area contributed by atoms with Gasteiger partial charge in [-0.25, -0.2) is 0 Å². The van der Waals surface area contributed by atoms with E-state index in [4.69, 9.17) is 4.55 Å². The lowest BCUT2D eigenvalue weighted by molar-refractivity contribution is 0.0973. The molecule has 0 aliphatic heterocycles. The normalized spacial score (nSPS) is 14.5. The highest BCUT2D eigenvalue weighted by Gasteiger charge is 2.36. The van der Waals surface area contributed by atoms with Crippen molar-refractivity contribution in [1.29, 1.82) is 0 Å². The summed E-state index contributed by atoms with van der Waals surface area (Å²) < 4.78 is 34.7. The fourth-order valence-electron chi connectivity index (χ4n) is 2.95. The van der Waals surface area contributed by atoms with Gasteiger partial charge in [0.25, 0.3) is 0 Å². The number of hydrogen-bond donors (Lipinski definition) is 4. The number of aromatic hydroxyl groups is 2. The predicted octanol–water partition coefficient (Wildman–Crippen LogP) is 1.50. The second-order valence-electron chi connectivity index (χ2n) is 5.92. The van der Waals surface area contributed by atoms with E-state index in [1.54, 1.807) is 6.92 Å². The lowest BCUT2D eigenvalue weighted by atomic mass is 9.81. The smallest absolute Gasteiger partial charge is 0.446 e. The molecule has 27 heavy (non-hydrogen) atoms. The first-order chi connectivity index (χ1) is 12.5. The Balaban J connectivity index is 2.23. The van der Waals surface area contributed by atoms with Crippen LogP contribution in [0.5, 0.6) is 17.2 Å². The molecule has 0 amide bonds. The fourth-order valence-corrected chi connectivity index (χ4v) is 3.29. The van der Waals surface area contributed by atoms with Crippen molar-refractivity contribution >= 4 is 22.0 Å². The number of ketones is 2. The molecule has 0 heterocycles. The average molecular weight is 394 g/mol. The largest absolute Gasteiger partial charge is 0.507 e. The lowest BCUT2D eigenvalue weighted by Gasteiger charge is -2.21. The quantitative estimate of drug-likeness (QED) is 0.481. The van der Waals surface area contributed by atoms with Gasteiger partial charge in [-0.05, 0) is 30.2 Å². The number of aliphatic hydroxyl groups excluding tert-OH is 1. The Morgan fingerprint density at radius 1 is 0.963 bits per heavy atom. The first kappa shape index (κ1) is 18.8. The van der Waals surface area contributed by atoms with E-state index in [0.29, 0.717) is 6.42 Å². The van der Waals surface area contributed by atoms with Crippen molar-refractivity contribution in [3.8, 4) is 17.2 Å². The van der Waals surface area contributed by atoms with Gasteiger partial charge in [-0.15, -0.1) is 0 Å². The Hall–Kier alpha value is -2.95. The summed E-state index contributed by atoms with van der Waals surface area (Å²) in [5, 5.41) is 30.2. The van der Waals surface area contributed by atoms with E-state index in [-0.39, 0.29) is 22.3 Å². The van der Waals surface area contributed by atoms with Crippen molar-refractivity contribution in [1.82, 2.24) is 0 Å². The molecule has 0 bridgehead atoms. The van der Waals surface area contributed by atoms with Gasteiger partial charge in [0, 0.05) is 17.2 Å². The molecule has 2 aromatic carbocycles. The molecule has 0 aromatic heterocycles. The maximum atomic E-state index is 12.8. The third kappa shape index (κ3) is 3.25. The minimum absolute atomic E-state index is 0.210.